The lowest BCUT2D eigenvalue weighted by Gasteiger charge is -2.25. The van der Waals surface area contributed by atoms with Crippen LogP contribution >= 0.6 is 11.6 Å². The Morgan fingerprint density at radius 3 is 2.58 bits per heavy atom. The van der Waals surface area contributed by atoms with Gasteiger partial charge in [-0.1, -0.05) is 60.2 Å². The second kappa shape index (κ2) is 12.0. The SMILES string of the molecule is C[C@H](NCC=Cc1ccc(Cl)cc1)[C@@H](Cc1ccc(C(=O)Nc2ccccc2)o1)c1ccc2c(c1)OCO2. The molecule has 0 radical (unpaired) electrons. The van der Waals surface area contributed by atoms with Crippen LogP contribution in [0.2, 0.25) is 5.02 Å². The Bertz CT molecular complexity index is 1400. The van der Waals surface area contributed by atoms with E-state index >= 15 is 0 Å². The van der Waals surface area contributed by atoms with E-state index in [9.17, 15) is 4.79 Å². The van der Waals surface area contributed by atoms with E-state index in [1.165, 1.54) is 0 Å². The minimum Gasteiger partial charge on any atom is -0.456 e. The lowest BCUT2D eigenvalue weighted by molar-refractivity contribution is 0.0994. The second-order valence-electron chi connectivity index (χ2n) is 9.16. The van der Waals surface area contributed by atoms with Crippen molar-refractivity contribution in [3.05, 3.63) is 119 Å². The smallest absolute Gasteiger partial charge is 0.291 e. The highest BCUT2D eigenvalue weighted by Gasteiger charge is 2.24. The van der Waals surface area contributed by atoms with E-state index in [1.54, 1.807) is 6.07 Å². The molecule has 2 N–H and O–H groups in total. The first-order chi connectivity index (χ1) is 18.5. The average molecular weight is 529 g/mol. The lowest BCUT2D eigenvalue weighted by atomic mass is 9.88. The summed E-state index contributed by atoms with van der Waals surface area (Å²) in [6, 6.07) is 26.8. The first kappa shape index (κ1) is 25.6. The standard InChI is InChI=1S/C31H29ClN2O4/c1-21(33-17-5-6-22-9-12-24(32)13-10-22)27(23-11-15-28-30(18-23)37-20-36-28)19-26-14-16-29(38-26)31(35)34-25-7-3-2-4-8-25/h2-16,18,21,27,33H,17,19-20H2,1H3,(H,34,35)/t21-,27+/m0/s1. The van der Waals surface area contributed by atoms with E-state index in [0.717, 1.165) is 39.1 Å². The van der Waals surface area contributed by atoms with Gasteiger partial charge in [0, 0.05) is 35.6 Å². The highest BCUT2D eigenvalue weighted by atomic mass is 35.5. The van der Waals surface area contributed by atoms with E-state index in [0.29, 0.717) is 13.0 Å². The fraction of sp³-hybridized carbons (Fsp3) is 0.194. The molecule has 38 heavy (non-hydrogen) atoms. The van der Waals surface area contributed by atoms with Gasteiger partial charge in [0.25, 0.3) is 5.91 Å². The molecule has 0 fully saturated rings. The topological polar surface area (TPSA) is 72.7 Å². The van der Waals surface area contributed by atoms with Crippen LogP contribution in [-0.2, 0) is 6.42 Å². The molecule has 0 unspecified atom stereocenters. The molecule has 3 aromatic carbocycles. The summed E-state index contributed by atoms with van der Waals surface area (Å²) in [6.45, 7) is 3.07. The van der Waals surface area contributed by atoms with Gasteiger partial charge in [-0.3, -0.25) is 4.79 Å². The third-order valence-electron chi connectivity index (χ3n) is 6.50. The van der Waals surface area contributed by atoms with Crippen molar-refractivity contribution >= 4 is 29.3 Å². The molecule has 6 nitrogen and oxygen atoms in total. The number of para-hydroxylation sites is 1. The van der Waals surface area contributed by atoms with Crippen molar-refractivity contribution in [1.82, 2.24) is 5.32 Å². The zero-order valence-electron chi connectivity index (χ0n) is 21.0. The van der Waals surface area contributed by atoms with E-state index in [1.807, 2.05) is 72.8 Å². The minimum atomic E-state index is -0.277. The lowest BCUT2D eigenvalue weighted by Crippen LogP contribution is -2.33. The molecule has 194 valence electrons. The molecule has 2 heterocycles. The molecule has 2 atom stereocenters. The van der Waals surface area contributed by atoms with Gasteiger partial charge in [-0.15, -0.1) is 0 Å². The Morgan fingerprint density at radius 2 is 1.76 bits per heavy atom. The Kier molecular flexibility index (Phi) is 8.12. The van der Waals surface area contributed by atoms with Crippen LogP contribution in [0, 0.1) is 0 Å². The molecule has 0 spiro atoms. The molecule has 7 heteroatoms. The summed E-state index contributed by atoms with van der Waals surface area (Å²) >= 11 is 5.98. The zero-order valence-corrected chi connectivity index (χ0v) is 21.8. The number of fused-ring (bicyclic) bond motifs is 1. The van der Waals surface area contributed by atoms with Crippen molar-refractivity contribution in [3.8, 4) is 11.5 Å². The Balaban J connectivity index is 1.29. The van der Waals surface area contributed by atoms with Gasteiger partial charge in [0.1, 0.15) is 5.76 Å². The number of hydrogen-bond donors (Lipinski definition) is 2. The molecule has 1 aliphatic heterocycles. The van der Waals surface area contributed by atoms with Crippen LogP contribution in [-0.4, -0.2) is 25.3 Å². The highest BCUT2D eigenvalue weighted by molar-refractivity contribution is 6.30. The first-order valence-corrected chi connectivity index (χ1v) is 12.9. The molecule has 1 aliphatic rings. The third kappa shape index (κ3) is 6.46. The van der Waals surface area contributed by atoms with E-state index in [-0.39, 0.29) is 30.4 Å². The molecule has 0 aliphatic carbocycles. The predicted octanol–water partition coefficient (Wildman–Crippen LogP) is 6.93. The fourth-order valence-corrected chi connectivity index (χ4v) is 4.56. The van der Waals surface area contributed by atoms with Gasteiger partial charge >= 0.3 is 0 Å². The van der Waals surface area contributed by atoms with Crippen molar-refractivity contribution in [3.63, 3.8) is 0 Å². The maximum atomic E-state index is 12.7. The number of furan rings is 1. The number of hydrogen-bond acceptors (Lipinski definition) is 5. The number of amides is 1. The molecule has 0 saturated carbocycles. The second-order valence-corrected chi connectivity index (χ2v) is 9.60. The largest absolute Gasteiger partial charge is 0.456 e. The monoisotopic (exact) mass is 528 g/mol. The number of benzene rings is 3. The van der Waals surface area contributed by atoms with Crippen LogP contribution in [0.15, 0.2) is 95.4 Å². The fourth-order valence-electron chi connectivity index (χ4n) is 4.43. The number of carbonyl (C=O) groups excluding carboxylic acids is 1. The first-order valence-electron chi connectivity index (χ1n) is 12.6. The maximum Gasteiger partial charge on any atom is 0.291 e. The quantitative estimate of drug-likeness (QED) is 0.233. The summed E-state index contributed by atoms with van der Waals surface area (Å²) in [5.74, 6) is 2.28. The van der Waals surface area contributed by atoms with Crippen LogP contribution in [0.3, 0.4) is 0 Å². The minimum absolute atomic E-state index is 0.0598. The number of rotatable bonds is 10. The van der Waals surface area contributed by atoms with Crippen LogP contribution in [0.5, 0.6) is 11.5 Å². The molecule has 5 rings (SSSR count). The molecule has 4 aromatic rings. The van der Waals surface area contributed by atoms with Crippen molar-refractivity contribution in [2.24, 2.45) is 0 Å². The summed E-state index contributed by atoms with van der Waals surface area (Å²) in [6.07, 6.45) is 4.76. The van der Waals surface area contributed by atoms with E-state index in [4.69, 9.17) is 25.5 Å². The van der Waals surface area contributed by atoms with Gasteiger partial charge in [0.2, 0.25) is 6.79 Å². The third-order valence-corrected chi connectivity index (χ3v) is 6.76. The number of anilines is 1. The van der Waals surface area contributed by atoms with Crippen LogP contribution in [0.25, 0.3) is 6.08 Å². The Hall–Kier alpha value is -4.00. The molecule has 0 saturated heterocycles. The van der Waals surface area contributed by atoms with Crippen molar-refractivity contribution in [2.45, 2.75) is 25.3 Å². The number of ether oxygens (including phenoxy) is 2. The van der Waals surface area contributed by atoms with Crippen molar-refractivity contribution in [2.75, 3.05) is 18.7 Å². The molecular formula is C31H29ClN2O4. The highest BCUT2D eigenvalue weighted by Crippen LogP contribution is 2.36. The summed E-state index contributed by atoms with van der Waals surface area (Å²) in [4.78, 5) is 12.7. The van der Waals surface area contributed by atoms with E-state index in [2.05, 4.69) is 35.8 Å². The van der Waals surface area contributed by atoms with Gasteiger partial charge in [-0.05, 0) is 66.6 Å². The predicted molar refractivity (Wildman–Crippen MR) is 150 cm³/mol. The normalized spacial score (nSPS) is 13.9. The number of carbonyl (C=O) groups is 1. The maximum absolute atomic E-state index is 12.7. The number of nitrogens with one attached hydrogen (secondary N) is 2. The summed E-state index contributed by atoms with van der Waals surface area (Å²) in [5.41, 5.74) is 2.91. The zero-order chi connectivity index (χ0) is 26.3. The summed E-state index contributed by atoms with van der Waals surface area (Å²) < 4.78 is 17.1. The van der Waals surface area contributed by atoms with Crippen LogP contribution < -0.4 is 20.1 Å². The molecular weight excluding hydrogens is 500 g/mol. The average Bonchev–Trinajstić information content (AvgIpc) is 3.60. The van der Waals surface area contributed by atoms with Crippen LogP contribution in [0.1, 0.15) is 40.3 Å². The van der Waals surface area contributed by atoms with Gasteiger partial charge in [-0.25, -0.2) is 0 Å². The number of halogens is 1. The van der Waals surface area contributed by atoms with Gasteiger partial charge in [0.05, 0.1) is 0 Å². The molecule has 1 amide bonds. The van der Waals surface area contributed by atoms with Crippen molar-refractivity contribution in [1.29, 1.82) is 0 Å². The summed E-state index contributed by atoms with van der Waals surface area (Å²) in [5, 5.41) is 7.20. The molecule has 1 aromatic heterocycles. The molecule has 0 bridgehead atoms. The Morgan fingerprint density at radius 1 is 0.974 bits per heavy atom. The Labute approximate surface area is 227 Å². The van der Waals surface area contributed by atoms with Gasteiger partial charge in [-0.2, -0.15) is 0 Å². The van der Waals surface area contributed by atoms with Gasteiger partial charge in [0.15, 0.2) is 17.3 Å². The van der Waals surface area contributed by atoms with Crippen molar-refractivity contribution < 1.29 is 18.7 Å². The van der Waals surface area contributed by atoms with Gasteiger partial charge < -0.3 is 24.5 Å². The van der Waals surface area contributed by atoms with E-state index < -0.39 is 0 Å². The van der Waals surface area contributed by atoms with Crippen LogP contribution in [0.4, 0.5) is 5.69 Å². The summed E-state index contributed by atoms with van der Waals surface area (Å²) in [7, 11) is 0.